The van der Waals surface area contributed by atoms with Crippen LogP contribution in [0.3, 0.4) is 0 Å². The Morgan fingerprint density at radius 1 is 1.00 bits per heavy atom. The van der Waals surface area contributed by atoms with E-state index in [4.69, 9.17) is 19.9 Å². The van der Waals surface area contributed by atoms with Gasteiger partial charge in [-0.2, -0.15) is 0 Å². The van der Waals surface area contributed by atoms with Gasteiger partial charge in [-0.3, -0.25) is 4.72 Å². The summed E-state index contributed by atoms with van der Waals surface area (Å²) in [4.78, 5) is 0. The first-order valence-corrected chi connectivity index (χ1v) is 9.77. The number of hydrogen-bond acceptors (Lipinski definition) is 8. The molecule has 0 aliphatic carbocycles. The Morgan fingerprint density at radius 2 is 1.65 bits per heavy atom. The highest BCUT2D eigenvalue weighted by Crippen LogP contribution is 2.17. The van der Waals surface area contributed by atoms with Gasteiger partial charge in [-0.15, -0.1) is 5.10 Å². The zero-order valence-electron chi connectivity index (χ0n) is 15.1. The van der Waals surface area contributed by atoms with Crippen molar-refractivity contribution in [2.75, 3.05) is 58.2 Å². The molecule has 0 atom stereocenters. The topological polar surface area (TPSA) is 96.5 Å². The van der Waals surface area contributed by atoms with Gasteiger partial charge in [0.25, 0.3) is 0 Å². The van der Waals surface area contributed by atoms with Gasteiger partial charge in [-0.05, 0) is 18.4 Å². The van der Waals surface area contributed by atoms with Crippen LogP contribution in [0.4, 0.5) is 5.69 Å². The highest BCUT2D eigenvalue weighted by Gasteiger charge is 2.03. The quantitative estimate of drug-likeness (QED) is 0.288. The van der Waals surface area contributed by atoms with Crippen molar-refractivity contribution in [3.8, 4) is 11.3 Å². The first-order valence-electron chi connectivity index (χ1n) is 8.54. The molecule has 2 aromatic rings. The lowest BCUT2D eigenvalue weighted by atomic mass is 10.1. The molecular weight excluding hydrogens is 354 g/mol. The van der Waals surface area contributed by atoms with Crippen LogP contribution in [0.25, 0.3) is 11.3 Å². The van der Waals surface area contributed by atoms with E-state index in [0.717, 1.165) is 23.5 Å². The Balaban J connectivity index is 1.48. The third kappa shape index (κ3) is 8.15. The molecule has 1 aromatic heterocycles. The van der Waals surface area contributed by atoms with Crippen LogP contribution in [0.5, 0.6) is 0 Å². The average molecular weight is 382 g/mol. The molecule has 0 aliphatic heterocycles. The Hall–Kier alpha value is -1.65. The number of aromatic nitrogens is 3. The molecule has 0 bridgehead atoms. The third-order valence-corrected chi connectivity index (χ3v) is 3.94. The maximum Gasteiger partial charge on any atom is 0.113 e. The van der Waals surface area contributed by atoms with E-state index in [9.17, 15) is 0 Å². The molecule has 0 amide bonds. The fraction of sp³-hybridized carbons (Fsp3) is 0.529. The van der Waals surface area contributed by atoms with Crippen molar-refractivity contribution < 1.29 is 14.2 Å². The van der Waals surface area contributed by atoms with Crippen molar-refractivity contribution >= 4 is 17.6 Å². The maximum atomic E-state index is 5.69. The first-order chi connectivity index (χ1) is 12.8. The van der Waals surface area contributed by atoms with Crippen LogP contribution in [0.2, 0.25) is 0 Å². The number of nitrogens with zero attached hydrogens (tertiary/aromatic N) is 3. The summed E-state index contributed by atoms with van der Waals surface area (Å²) in [6.07, 6.45) is 3.89. The number of rotatable bonds is 14. The van der Waals surface area contributed by atoms with E-state index >= 15 is 0 Å². The highest BCUT2D eigenvalue weighted by molar-refractivity contribution is 7.96. The highest BCUT2D eigenvalue weighted by atomic mass is 32.2. The first kappa shape index (κ1) is 20.7. The molecule has 0 unspecified atom stereocenters. The Morgan fingerprint density at radius 3 is 2.35 bits per heavy atom. The largest absolute Gasteiger partial charge is 0.399 e. The van der Waals surface area contributed by atoms with Gasteiger partial charge in [0.2, 0.25) is 0 Å². The van der Waals surface area contributed by atoms with E-state index in [1.165, 1.54) is 0 Å². The van der Waals surface area contributed by atoms with Gasteiger partial charge in [0.1, 0.15) is 5.69 Å². The van der Waals surface area contributed by atoms with Crippen molar-refractivity contribution in [3.05, 3.63) is 30.5 Å². The van der Waals surface area contributed by atoms with Gasteiger partial charge < -0.3 is 19.9 Å². The molecule has 0 spiro atoms. The van der Waals surface area contributed by atoms with Gasteiger partial charge >= 0.3 is 0 Å². The van der Waals surface area contributed by atoms with Gasteiger partial charge in [0.15, 0.2) is 0 Å². The minimum Gasteiger partial charge on any atom is -0.399 e. The van der Waals surface area contributed by atoms with Gasteiger partial charge in [0, 0.05) is 17.8 Å². The summed E-state index contributed by atoms with van der Waals surface area (Å²) < 4.78 is 21.3. The van der Waals surface area contributed by atoms with Gasteiger partial charge in [-0.1, -0.05) is 29.3 Å². The molecule has 1 aromatic carbocycles. The molecule has 0 saturated carbocycles. The molecule has 0 radical (unpaired) electrons. The Labute approximate surface area is 158 Å². The molecule has 0 saturated heterocycles. The van der Waals surface area contributed by atoms with Crippen molar-refractivity contribution in [1.29, 1.82) is 0 Å². The minimum atomic E-state index is 0.549. The molecule has 0 fully saturated rings. The smallest absolute Gasteiger partial charge is 0.113 e. The molecule has 0 aliphatic rings. The second-order valence-corrected chi connectivity index (χ2v) is 6.12. The number of anilines is 1. The third-order valence-electron chi connectivity index (χ3n) is 3.45. The standard InChI is InChI=1S/C17H27N5O3S/c1-26-19-6-8-23-10-12-25-13-11-24-9-7-22-14-17(20-21-22)15-2-4-16(18)5-3-15/h2-5,14,19H,6-13,18H2,1H3. The van der Waals surface area contributed by atoms with Crippen molar-refractivity contribution in [2.24, 2.45) is 0 Å². The predicted octanol–water partition coefficient (Wildman–Crippen LogP) is 1.44. The van der Waals surface area contributed by atoms with Crippen molar-refractivity contribution in [3.63, 3.8) is 0 Å². The molecule has 3 N–H and O–H groups in total. The molecule has 144 valence electrons. The van der Waals surface area contributed by atoms with E-state index in [0.29, 0.717) is 46.2 Å². The van der Waals surface area contributed by atoms with Gasteiger partial charge in [-0.25, -0.2) is 4.68 Å². The van der Waals surface area contributed by atoms with Crippen LogP contribution in [-0.2, 0) is 20.8 Å². The Bertz CT molecular complexity index is 609. The van der Waals surface area contributed by atoms with E-state index in [1.807, 2.05) is 36.7 Å². The maximum absolute atomic E-state index is 5.69. The summed E-state index contributed by atoms with van der Waals surface area (Å²) in [5.74, 6) is 0. The van der Waals surface area contributed by atoms with Gasteiger partial charge in [0.05, 0.1) is 52.4 Å². The fourth-order valence-corrected chi connectivity index (χ4v) is 2.40. The van der Waals surface area contributed by atoms with Crippen LogP contribution >= 0.6 is 11.9 Å². The van der Waals surface area contributed by atoms with Crippen LogP contribution in [0.1, 0.15) is 0 Å². The lowest BCUT2D eigenvalue weighted by molar-refractivity contribution is 0.0138. The lowest BCUT2D eigenvalue weighted by Crippen LogP contribution is -2.15. The second-order valence-electron chi connectivity index (χ2n) is 5.42. The summed E-state index contributed by atoms with van der Waals surface area (Å²) in [7, 11) is 0. The zero-order valence-corrected chi connectivity index (χ0v) is 15.9. The SMILES string of the molecule is CSNCCOCCOCCOCCn1cc(-c2ccc(N)cc2)nn1. The molecule has 1 heterocycles. The van der Waals surface area contributed by atoms with E-state index in [1.54, 1.807) is 16.6 Å². The average Bonchev–Trinajstić information content (AvgIpc) is 3.12. The summed E-state index contributed by atoms with van der Waals surface area (Å²) in [5.41, 5.74) is 8.23. The number of hydrogen-bond donors (Lipinski definition) is 2. The molecular formula is C17H27N5O3S. The van der Waals surface area contributed by atoms with E-state index in [2.05, 4.69) is 15.0 Å². The normalized spacial score (nSPS) is 11.1. The van der Waals surface area contributed by atoms with Crippen molar-refractivity contribution in [2.45, 2.75) is 6.54 Å². The predicted molar refractivity (Wildman–Crippen MR) is 104 cm³/mol. The zero-order chi connectivity index (χ0) is 18.5. The summed E-state index contributed by atoms with van der Waals surface area (Å²) >= 11 is 1.59. The number of ether oxygens (including phenoxy) is 3. The van der Waals surface area contributed by atoms with Crippen LogP contribution in [0, 0.1) is 0 Å². The molecule has 9 heteroatoms. The molecule has 2 rings (SSSR count). The van der Waals surface area contributed by atoms with E-state index in [-0.39, 0.29) is 0 Å². The van der Waals surface area contributed by atoms with Crippen LogP contribution in [-0.4, -0.2) is 67.4 Å². The lowest BCUT2D eigenvalue weighted by Gasteiger charge is -2.07. The number of nitrogens with two attached hydrogens (primary N) is 1. The Kier molecular flexibility index (Phi) is 10.1. The monoisotopic (exact) mass is 381 g/mol. The summed E-state index contributed by atoms with van der Waals surface area (Å²) in [6.45, 7) is 5.02. The van der Waals surface area contributed by atoms with Crippen LogP contribution < -0.4 is 10.5 Å². The summed E-state index contributed by atoms with van der Waals surface area (Å²) in [6, 6.07) is 7.56. The molecule has 26 heavy (non-hydrogen) atoms. The summed E-state index contributed by atoms with van der Waals surface area (Å²) in [5, 5.41) is 8.27. The molecule has 8 nitrogen and oxygen atoms in total. The number of nitrogen functional groups attached to an aromatic ring is 1. The number of nitrogens with one attached hydrogen (secondary N) is 1. The minimum absolute atomic E-state index is 0.549. The second kappa shape index (κ2) is 12.7. The fourth-order valence-electron chi connectivity index (χ4n) is 2.11. The van der Waals surface area contributed by atoms with E-state index < -0.39 is 0 Å². The number of benzene rings is 1. The van der Waals surface area contributed by atoms with Crippen LogP contribution in [0.15, 0.2) is 30.5 Å². The van der Waals surface area contributed by atoms with Crippen molar-refractivity contribution in [1.82, 2.24) is 19.7 Å².